The average Bonchev–Trinajstić information content (AvgIpc) is 2.67. The molecule has 0 radical (unpaired) electrons. The molecule has 0 bridgehead atoms. The van der Waals surface area contributed by atoms with E-state index in [1.807, 2.05) is 20.8 Å². The third kappa shape index (κ3) is 3.04. The second-order valence-corrected chi connectivity index (χ2v) is 8.24. The van der Waals surface area contributed by atoms with Crippen LogP contribution in [0.2, 0.25) is 0 Å². The van der Waals surface area contributed by atoms with Gasteiger partial charge >= 0.3 is 0 Å². The Morgan fingerprint density at radius 1 is 1.37 bits per heavy atom. The number of hydrogen-bond acceptors (Lipinski definition) is 5. The Hall–Kier alpha value is -0.790. The van der Waals surface area contributed by atoms with Crippen LogP contribution in [-0.4, -0.2) is 32.4 Å². The van der Waals surface area contributed by atoms with E-state index >= 15 is 0 Å². The number of nitrogens with zero attached hydrogens (tertiary/aromatic N) is 2. The van der Waals surface area contributed by atoms with E-state index < -0.39 is 11.0 Å². The highest BCUT2D eigenvalue weighted by atomic mass is 32.2. The molecule has 2 heterocycles. The van der Waals surface area contributed by atoms with Gasteiger partial charge < -0.3 is 9.15 Å². The van der Waals surface area contributed by atoms with E-state index in [0.29, 0.717) is 25.0 Å². The Labute approximate surface area is 115 Å². The zero-order valence-corrected chi connectivity index (χ0v) is 12.8. The molecule has 0 saturated carbocycles. The molecule has 0 spiro atoms. The maximum absolute atomic E-state index is 12.3. The molecule has 1 aliphatic heterocycles. The van der Waals surface area contributed by atoms with Crippen LogP contribution in [0.4, 0.5) is 0 Å². The van der Waals surface area contributed by atoms with E-state index in [-0.39, 0.29) is 16.2 Å². The van der Waals surface area contributed by atoms with Gasteiger partial charge in [-0.05, 0) is 20.8 Å². The summed E-state index contributed by atoms with van der Waals surface area (Å²) in [6.07, 6.45) is 0. The first-order valence-corrected chi connectivity index (χ1v) is 7.43. The van der Waals surface area contributed by atoms with Crippen LogP contribution in [0.3, 0.4) is 0 Å². The molecule has 1 fully saturated rings. The van der Waals surface area contributed by atoms with Crippen LogP contribution in [0.15, 0.2) is 4.42 Å². The molecule has 1 aliphatic rings. The van der Waals surface area contributed by atoms with Gasteiger partial charge in [0.05, 0.1) is 28.9 Å². The summed E-state index contributed by atoms with van der Waals surface area (Å²) in [6, 6.07) is -0.262. The molecule has 1 aromatic heterocycles. The normalized spacial score (nSPS) is 21.7. The first kappa shape index (κ1) is 14.6. The summed E-state index contributed by atoms with van der Waals surface area (Å²) in [7, 11) is -1.21. The number of ether oxygens (including phenoxy) is 1. The van der Waals surface area contributed by atoms with Gasteiger partial charge in [0.15, 0.2) is 0 Å². The third-order valence-electron chi connectivity index (χ3n) is 3.13. The summed E-state index contributed by atoms with van der Waals surface area (Å²) in [6.45, 7) is 10.8. The first-order chi connectivity index (χ1) is 8.72. The quantitative estimate of drug-likeness (QED) is 0.908. The lowest BCUT2D eigenvalue weighted by molar-refractivity contribution is -0.122. The average molecular weight is 287 g/mol. The standard InChI is InChI=1S/C12H21N3O3S/c1-8-13-14-10(18-8)9(12(5)6-17-7-12)15-19(16)11(2,3)4/h9,15H,6-7H2,1-5H3/t9-,19+/m1/s1. The van der Waals surface area contributed by atoms with E-state index in [9.17, 15) is 4.21 Å². The molecule has 108 valence electrons. The number of aryl methyl sites for hydroxylation is 1. The van der Waals surface area contributed by atoms with E-state index in [4.69, 9.17) is 9.15 Å². The molecule has 0 unspecified atom stereocenters. The van der Waals surface area contributed by atoms with Crippen molar-refractivity contribution < 1.29 is 13.4 Å². The molecule has 0 aliphatic carbocycles. The minimum Gasteiger partial charge on any atom is -0.424 e. The Morgan fingerprint density at radius 3 is 2.37 bits per heavy atom. The fourth-order valence-electron chi connectivity index (χ4n) is 1.79. The minimum absolute atomic E-state index is 0.167. The summed E-state index contributed by atoms with van der Waals surface area (Å²) < 4.78 is 25.9. The monoisotopic (exact) mass is 287 g/mol. The first-order valence-electron chi connectivity index (χ1n) is 6.28. The highest BCUT2D eigenvalue weighted by molar-refractivity contribution is 7.84. The van der Waals surface area contributed by atoms with Gasteiger partial charge in [-0.25, -0.2) is 8.93 Å². The Bertz CT molecular complexity index is 477. The predicted molar refractivity (Wildman–Crippen MR) is 71.7 cm³/mol. The van der Waals surface area contributed by atoms with Gasteiger partial charge in [0.25, 0.3) is 0 Å². The van der Waals surface area contributed by atoms with E-state index in [1.54, 1.807) is 6.92 Å². The van der Waals surface area contributed by atoms with Gasteiger partial charge in [-0.1, -0.05) is 6.92 Å². The van der Waals surface area contributed by atoms with Crippen molar-refractivity contribution in [2.75, 3.05) is 13.2 Å². The van der Waals surface area contributed by atoms with Gasteiger partial charge in [-0.15, -0.1) is 10.2 Å². The molecule has 0 aromatic carbocycles. The van der Waals surface area contributed by atoms with Gasteiger partial charge in [0, 0.05) is 12.3 Å². The Morgan fingerprint density at radius 2 is 2.00 bits per heavy atom. The fraction of sp³-hybridized carbons (Fsp3) is 0.833. The van der Waals surface area contributed by atoms with E-state index in [1.165, 1.54) is 0 Å². The second kappa shape index (κ2) is 4.96. The van der Waals surface area contributed by atoms with Crippen molar-refractivity contribution in [2.24, 2.45) is 5.41 Å². The van der Waals surface area contributed by atoms with Crippen molar-refractivity contribution in [2.45, 2.75) is 45.4 Å². The molecule has 1 N–H and O–H groups in total. The summed E-state index contributed by atoms with van der Waals surface area (Å²) in [5.74, 6) is 0.980. The number of nitrogens with one attached hydrogen (secondary N) is 1. The van der Waals surface area contributed by atoms with Gasteiger partial charge in [-0.3, -0.25) is 0 Å². The lowest BCUT2D eigenvalue weighted by atomic mass is 9.81. The molecule has 1 saturated heterocycles. The number of rotatable bonds is 4. The van der Waals surface area contributed by atoms with Crippen molar-refractivity contribution in [1.82, 2.24) is 14.9 Å². The Kier molecular flexibility index (Phi) is 3.81. The molecule has 2 rings (SSSR count). The van der Waals surface area contributed by atoms with Crippen LogP contribution in [0.25, 0.3) is 0 Å². The number of aromatic nitrogens is 2. The maximum Gasteiger partial charge on any atom is 0.235 e. The largest absolute Gasteiger partial charge is 0.424 e. The molecule has 19 heavy (non-hydrogen) atoms. The molecule has 6 nitrogen and oxygen atoms in total. The summed E-state index contributed by atoms with van der Waals surface area (Å²) >= 11 is 0. The van der Waals surface area contributed by atoms with Crippen LogP contribution in [0, 0.1) is 12.3 Å². The van der Waals surface area contributed by atoms with Crippen molar-refractivity contribution in [3.8, 4) is 0 Å². The predicted octanol–water partition coefficient (Wildman–Crippen LogP) is 1.51. The lowest BCUT2D eigenvalue weighted by Gasteiger charge is -2.43. The Balaban J connectivity index is 2.23. The van der Waals surface area contributed by atoms with Crippen LogP contribution in [-0.2, 0) is 15.7 Å². The van der Waals surface area contributed by atoms with Crippen LogP contribution < -0.4 is 4.72 Å². The molecule has 1 aromatic rings. The van der Waals surface area contributed by atoms with Crippen LogP contribution in [0.1, 0.15) is 45.5 Å². The summed E-state index contributed by atoms with van der Waals surface area (Å²) in [4.78, 5) is 0. The molecule has 2 atom stereocenters. The van der Waals surface area contributed by atoms with Gasteiger partial charge in [0.1, 0.15) is 6.04 Å². The molecule has 0 amide bonds. The maximum atomic E-state index is 12.3. The van der Waals surface area contributed by atoms with E-state index in [0.717, 1.165) is 0 Å². The van der Waals surface area contributed by atoms with Crippen molar-refractivity contribution >= 4 is 11.0 Å². The fourth-order valence-corrected chi connectivity index (χ4v) is 2.75. The summed E-state index contributed by atoms with van der Waals surface area (Å²) in [5.41, 5.74) is -0.167. The smallest absolute Gasteiger partial charge is 0.235 e. The van der Waals surface area contributed by atoms with Crippen LogP contribution >= 0.6 is 0 Å². The molecular weight excluding hydrogens is 266 g/mol. The highest BCUT2D eigenvalue weighted by Crippen LogP contribution is 2.40. The van der Waals surface area contributed by atoms with Crippen LogP contribution in [0.5, 0.6) is 0 Å². The highest BCUT2D eigenvalue weighted by Gasteiger charge is 2.46. The third-order valence-corrected chi connectivity index (χ3v) is 4.69. The van der Waals surface area contributed by atoms with Crippen molar-refractivity contribution in [1.29, 1.82) is 0 Å². The van der Waals surface area contributed by atoms with E-state index in [2.05, 4.69) is 21.8 Å². The topological polar surface area (TPSA) is 77.2 Å². The zero-order valence-electron chi connectivity index (χ0n) is 12.0. The molecular formula is C12H21N3O3S. The van der Waals surface area contributed by atoms with Crippen molar-refractivity contribution in [3.05, 3.63) is 11.8 Å². The molecule has 7 heteroatoms. The second-order valence-electron chi connectivity index (χ2n) is 6.24. The van der Waals surface area contributed by atoms with Crippen molar-refractivity contribution in [3.63, 3.8) is 0 Å². The zero-order chi connectivity index (χ0) is 14.3. The number of hydrogen-bond donors (Lipinski definition) is 1. The minimum atomic E-state index is -1.21. The van der Waals surface area contributed by atoms with Gasteiger partial charge in [0.2, 0.25) is 11.8 Å². The summed E-state index contributed by atoms with van der Waals surface area (Å²) in [5, 5.41) is 7.91. The lowest BCUT2D eigenvalue weighted by Crippen LogP contribution is -2.51. The SMILES string of the molecule is Cc1nnc([C@@H](N[S@@](=O)C(C)(C)C)C2(C)COC2)o1. The van der Waals surface area contributed by atoms with Gasteiger partial charge in [-0.2, -0.15) is 0 Å².